The molecule has 1 unspecified atom stereocenters. The van der Waals surface area contributed by atoms with Gasteiger partial charge in [0, 0.05) is 22.0 Å². The van der Waals surface area contributed by atoms with Crippen LogP contribution in [0.15, 0.2) is 40.4 Å². The molecule has 0 saturated heterocycles. The Morgan fingerprint density at radius 3 is 2.33 bits per heavy atom. The number of hydrogen-bond donors (Lipinski definition) is 2. The molecule has 0 radical (unpaired) electrons. The molecule has 1 aromatic heterocycles. The molecule has 0 saturated carbocycles. The molecule has 1 amide bonds. The van der Waals surface area contributed by atoms with E-state index in [0.29, 0.717) is 6.42 Å². The minimum Gasteiger partial charge on any atom is -0.325 e. The predicted octanol–water partition coefficient (Wildman–Crippen LogP) is 3.70. The summed E-state index contributed by atoms with van der Waals surface area (Å²) in [6.07, 6.45) is 1.52. The van der Waals surface area contributed by atoms with Crippen molar-refractivity contribution >= 4 is 23.4 Å². The molecule has 0 bridgehead atoms. The number of benzene rings is 1. The molecule has 1 atom stereocenters. The van der Waals surface area contributed by atoms with Gasteiger partial charge in [-0.3, -0.25) is 4.79 Å². The Balaban J connectivity index is 2.04. The van der Waals surface area contributed by atoms with Gasteiger partial charge in [0.05, 0.1) is 5.54 Å². The van der Waals surface area contributed by atoms with Crippen LogP contribution in [0.4, 0.5) is 5.69 Å². The Bertz CT molecular complexity index is 693. The Morgan fingerprint density at radius 1 is 1.21 bits per heavy atom. The molecule has 1 aromatic carbocycles. The van der Waals surface area contributed by atoms with E-state index in [2.05, 4.69) is 15.3 Å². The average molecular weight is 344 g/mol. The maximum absolute atomic E-state index is 12.2. The van der Waals surface area contributed by atoms with E-state index in [1.807, 2.05) is 51.1 Å². The first kappa shape index (κ1) is 18.4. The van der Waals surface area contributed by atoms with Crippen LogP contribution in [0.5, 0.6) is 0 Å². The third kappa shape index (κ3) is 5.04. The average Bonchev–Trinajstić information content (AvgIpc) is 2.48. The zero-order valence-corrected chi connectivity index (χ0v) is 15.4. The van der Waals surface area contributed by atoms with Crippen molar-refractivity contribution in [1.29, 1.82) is 0 Å². The van der Waals surface area contributed by atoms with Gasteiger partial charge in [0.15, 0.2) is 5.16 Å². The van der Waals surface area contributed by atoms with Gasteiger partial charge in [-0.05, 0) is 69.3 Å². The summed E-state index contributed by atoms with van der Waals surface area (Å²) in [5, 5.41) is 3.60. The van der Waals surface area contributed by atoms with Gasteiger partial charge in [0.2, 0.25) is 5.91 Å². The molecule has 24 heavy (non-hydrogen) atoms. The van der Waals surface area contributed by atoms with E-state index in [1.165, 1.54) is 11.8 Å². The summed E-state index contributed by atoms with van der Waals surface area (Å²) >= 11 is 1.50. The first-order chi connectivity index (χ1) is 11.3. The number of nitrogens with two attached hydrogens (primary N) is 1. The van der Waals surface area contributed by atoms with E-state index in [1.54, 1.807) is 6.92 Å². The summed E-state index contributed by atoms with van der Waals surface area (Å²) in [6, 6.07) is 9.56. The van der Waals surface area contributed by atoms with Crippen LogP contribution in [0, 0.1) is 13.8 Å². The van der Waals surface area contributed by atoms with Crippen molar-refractivity contribution in [3.8, 4) is 0 Å². The summed E-state index contributed by atoms with van der Waals surface area (Å²) in [5.74, 6) is -0.164. The third-order valence-electron chi connectivity index (χ3n) is 3.57. The molecule has 2 rings (SSSR count). The zero-order chi connectivity index (χ0) is 17.7. The molecule has 5 nitrogen and oxygen atoms in total. The van der Waals surface area contributed by atoms with Crippen LogP contribution in [0.1, 0.15) is 38.1 Å². The number of amides is 1. The van der Waals surface area contributed by atoms with E-state index < -0.39 is 5.54 Å². The van der Waals surface area contributed by atoms with Crippen molar-refractivity contribution < 1.29 is 4.79 Å². The Morgan fingerprint density at radius 2 is 1.79 bits per heavy atom. The number of carbonyl (C=O) groups excluding carboxylic acids is 1. The fourth-order valence-corrected chi connectivity index (χ4v) is 3.22. The molecule has 1 heterocycles. The minimum absolute atomic E-state index is 0.164. The second kappa shape index (κ2) is 7.77. The number of aryl methyl sites for hydroxylation is 2. The Hall–Kier alpha value is -1.92. The normalized spacial score (nSPS) is 13.4. The van der Waals surface area contributed by atoms with Gasteiger partial charge in [-0.25, -0.2) is 9.97 Å². The molecule has 0 aliphatic rings. The van der Waals surface area contributed by atoms with E-state index in [0.717, 1.165) is 33.5 Å². The quantitative estimate of drug-likeness (QED) is 0.781. The van der Waals surface area contributed by atoms with E-state index in [-0.39, 0.29) is 5.91 Å². The topological polar surface area (TPSA) is 80.9 Å². The first-order valence-electron chi connectivity index (χ1n) is 8.00. The Kier molecular flexibility index (Phi) is 5.96. The summed E-state index contributed by atoms with van der Waals surface area (Å²) in [6.45, 7) is 7.68. The molecule has 0 aliphatic carbocycles. The summed E-state index contributed by atoms with van der Waals surface area (Å²) in [4.78, 5) is 22.1. The maximum Gasteiger partial charge on any atom is 0.244 e. The van der Waals surface area contributed by atoms with Crippen LogP contribution in [-0.4, -0.2) is 21.4 Å². The maximum atomic E-state index is 12.2. The largest absolute Gasteiger partial charge is 0.325 e. The summed E-state index contributed by atoms with van der Waals surface area (Å²) in [7, 11) is 0. The van der Waals surface area contributed by atoms with Crippen molar-refractivity contribution in [3.05, 3.63) is 41.7 Å². The summed E-state index contributed by atoms with van der Waals surface area (Å²) < 4.78 is 0. The SMILES string of the molecule is CCCC(C)(N)C(=O)Nc1ccc(Sc2nc(C)cc(C)n2)cc1. The van der Waals surface area contributed by atoms with Crippen LogP contribution in [-0.2, 0) is 4.79 Å². The van der Waals surface area contributed by atoms with Crippen molar-refractivity contribution in [1.82, 2.24) is 9.97 Å². The molecule has 0 fully saturated rings. The number of rotatable bonds is 6. The molecule has 0 spiro atoms. The van der Waals surface area contributed by atoms with Gasteiger partial charge in [0.1, 0.15) is 0 Å². The fourth-order valence-electron chi connectivity index (χ4n) is 2.36. The highest BCUT2D eigenvalue weighted by Gasteiger charge is 2.27. The smallest absolute Gasteiger partial charge is 0.244 e. The van der Waals surface area contributed by atoms with Crippen LogP contribution in [0.2, 0.25) is 0 Å². The monoisotopic (exact) mass is 344 g/mol. The minimum atomic E-state index is -0.852. The number of carbonyl (C=O) groups is 1. The van der Waals surface area contributed by atoms with Crippen LogP contribution >= 0.6 is 11.8 Å². The predicted molar refractivity (Wildman–Crippen MR) is 98.2 cm³/mol. The van der Waals surface area contributed by atoms with E-state index in [4.69, 9.17) is 5.73 Å². The molecule has 128 valence electrons. The van der Waals surface area contributed by atoms with E-state index >= 15 is 0 Å². The van der Waals surface area contributed by atoms with Crippen molar-refractivity contribution in [2.24, 2.45) is 5.73 Å². The van der Waals surface area contributed by atoms with Gasteiger partial charge in [-0.1, -0.05) is 13.3 Å². The highest BCUT2D eigenvalue weighted by Crippen LogP contribution is 2.26. The lowest BCUT2D eigenvalue weighted by atomic mass is 9.96. The summed E-state index contributed by atoms with van der Waals surface area (Å²) in [5.41, 5.74) is 7.83. The number of aromatic nitrogens is 2. The van der Waals surface area contributed by atoms with Crippen LogP contribution in [0.25, 0.3) is 0 Å². The first-order valence-corrected chi connectivity index (χ1v) is 8.82. The lowest BCUT2D eigenvalue weighted by Crippen LogP contribution is -2.48. The molecule has 3 N–H and O–H groups in total. The highest BCUT2D eigenvalue weighted by atomic mass is 32.2. The lowest BCUT2D eigenvalue weighted by Gasteiger charge is -2.22. The van der Waals surface area contributed by atoms with Gasteiger partial charge in [-0.15, -0.1) is 0 Å². The van der Waals surface area contributed by atoms with Crippen LogP contribution in [0.3, 0.4) is 0 Å². The zero-order valence-electron chi connectivity index (χ0n) is 14.6. The molecule has 0 aliphatic heterocycles. The second-order valence-electron chi connectivity index (χ2n) is 6.18. The Labute approximate surface area is 147 Å². The van der Waals surface area contributed by atoms with E-state index in [9.17, 15) is 4.79 Å². The van der Waals surface area contributed by atoms with Crippen molar-refractivity contribution in [2.75, 3.05) is 5.32 Å². The van der Waals surface area contributed by atoms with Gasteiger partial charge >= 0.3 is 0 Å². The van der Waals surface area contributed by atoms with Crippen molar-refractivity contribution in [3.63, 3.8) is 0 Å². The number of hydrogen-bond acceptors (Lipinski definition) is 5. The molecular weight excluding hydrogens is 320 g/mol. The standard InChI is InChI=1S/C18H24N4OS/c1-5-10-18(4,19)16(23)22-14-6-8-15(9-7-14)24-17-20-12(2)11-13(3)21-17/h6-9,11H,5,10,19H2,1-4H3,(H,22,23). The highest BCUT2D eigenvalue weighted by molar-refractivity contribution is 7.99. The number of nitrogens with one attached hydrogen (secondary N) is 1. The fraction of sp³-hybridized carbons (Fsp3) is 0.389. The van der Waals surface area contributed by atoms with Gasteiger partial charge in [-0.2, -0.15) is 0 Å². The molecule has 6 heteroatoms. The van der Waals surface area contributed by atoms with Crippen LogP contribution < -0.4 is 11.1 Å². The van der Waals surface area contributed by atoms with Gasteiger partial charge < -0.3 is 11.1 Å². The third-order valence-corrected chi connectivity index (χ3v) is 4.44. The number of nitrogens with zero attached hydrogens (tertiary/aromatic N) is 2. The van der Waals surface area contributed by atoms with Crippen molar-refractivity contribution in [2.45, 2.75) is 56.1 Å². The molecule has 2 aromatic rings. The second-order valence-corrected chi connectivity index (χ2v) is 7.22. The van der Waals surface area contributed by atoms with Gasteiger partial charge in [0.25, 0.3) is 0 Å². The number of anilines is 1. The lowest BCUT2D eigenvalue weighted by molar-refractivity contribution is -0.120. The molecular formula is C18H24N4OS.